The van der Waals surface area contributed by atoms with E-state index in [2.05, 4.69) is 20.5 Å². The molecule has 0 radical (unpaired) electrons. The van der Waals surface area contributed by atoms with E-state index in [1.54, 1.807) is 26.6 Å². The topological polar surface area (TPSA) is 91.2 Å². The minimum Gasteiger partial charge on any atom is -0.493 e. The maximum atomic E-state index is 12.5. The molecule has 2 aromatic heterocycles. The number of carbonyl (C=O) groups is 1. The van der Waals surface area contributed by atoms with Crippen molar-refractivity contribution in [3.05, 3.63) is 48.3 Å². The molecule has 0 aliphatic carbocycles. The number of benzene rings is 1. The fraction of sp³-hybridized carbons (Fsp3) is 0.300. The van der Waals surface area contributed by atoms with Crippen molar-refractivity contribution in [1.29, 1.82) is 0 Å². The Balaban J connectivity index is 1.61. The second-order valence-electron chi connectivity index (χ2n) is 6.27. The van der Waals surface area contributed by atoms with Gasteiger partial charge < -0.3 is 19.4 Å². The molecule has 1 amide bonds. The van der Waals surface area contributed by atoms with Crippen molar-refractivity contribution in [3.63, 3.8) is 0 Å². The molecule has 3 aromatic rings. The van der Waals surface area contributed by atoms with E-state index in [0.717, 1.165) is 17.0 Å². The summed E-state index contributed by atoms with van der Waals surface area (Å²) in [7, 11) is 5.05. The molecule has 1 aromatic carbocycles. The Bertz CT molecular complexity index is 978. The number of hydrogen-bond donors (Lipinski definition) is 1. The van der Waals surface area contributed by atoms with E-state index in [0.29, 0.717) is 23.2 Å². The zero-order chi connectivity index (χ0) is 20.8. The van der Waals surface area contributed by atoms with E-state index in [1.807, 2.05) is 48.9 Å². The van der Waals surface area contributed by atoms with Gasteiger partial charge in [-0.25, -0.2) is 0 Å². The van der Waals surface area contributed by atoms with Gasteiger partial charge >= 0.3 is 0 Å². The van der Waals surface area contributed by atoms with Gasteiger partial charge in [-0.2, -0.15) is 0 Å². The van der Waals surface area contributed by atoms with Gasteiger partial charge in [0.15, 0.2) is 22.5 Å². The van der Waals surface area contributed by atoms with Gasteiger partial charge in [-0.1, -0.05) is 17.8 Å². The summed E-state index contributed by atoms with van der Waals surface area (Å²) in [5.41, 5.74) is 1.85. The van der Waals surface area contributed by atoms with Crippen LogP contribution in [0.4, 0.5) is 0 Å². The van der Waals surface area contributed by atoms with Gasteiger partial charge in [-0.15, -0.1) is 10.2 Å². The second kappa shape index (κ2) is 9.42. The average Bonchev–Trinajstić information content (AvgIpc) is 3.12. The van der Waals surface area contributed by atoms with E-state index in [4.69, 9.17) is 9.47 Å². The molecule has 1 N–H and O–H groups in total. The van der Waals surface area contributed by atoms with E-state index >= 15 is 0 Å². The lowest BCUT2D eigenvalue weighted by molar-refractivity contribution is -0.120. The highest BCUT2D eigenvalue weighted by atomic mass is 32.2. The first-order valence-corrected chi connectivity index (χ1v) is 9.86. The van der Waals surface area contributed by atoms with Crippen LogP contribution in [0.5, 0.6) is 11.5 Å². The Labute approximate surface area is 173 Å². The van der Waals surface area contributed by atoms with Gasteiger partial charge in [0, 0.05) is 31.5 Å². The van der Waals surface area contributed by atoms with Crippen molar-refractivity contribution in [1.82, 2.24) is 25.1 Å². The number of nitrogens with one attached hydrogen (secondary N) is 1. The lowest BCUT2D eigenvalue weighted by atomic mass is 10.2. The van der Waals surface area contributed by atoms with Crippen LogP contribution in [0.15, 0.2) is 47.9 Å². The molecular formula is C20H23N5O3S. The molecule has 0 unspecified atom stereocenters. The summed E-state index contributed by atoms with van der Waals surface area (Å²) in [5, 5.41) is 11.7. The molecule has 0 saturated heterocycles. The molecule has 152 valence electrons. The van der Waals surface area contributed by atoms with Crippen LogP contribution in [0.3, 0.4) is 0 Å². The Hall–Kier alpha value is -3.07. The third-order valence-electron chi connectivity index (χ3n) is 4.34. The first-order chi connectivity index (χ1) is 14.0. The molecule has 8 nitrogen and oxygen atoms in total. The molecule has 0 saturated carbocycles. The standard InChI is InChI=1S/C20H23N5O3S/c1-13(19(26)22-12-14-5-6-16(27-3)17(11-14)28-4)29-20-24-23-18(25(20)2)15-7-9-21-10-8-15/h5-11,13H,12H2,1-4H3,(H,22,26)/t13-/m1/s1. The monoisotopic (exact) mass is 413 g/mol. The van der Waals surface area contributed by atoms with E-state index in [9.17, 15) is 4.79 Å². The predicted molar refractivity (Wildman–Crippen MR) is 111 cm³/mol. The molecule has 0 fully saturated rings. The molecule has 0 aliphatic rings. The van der Waals surface area contributed by atoms with Gasteiger partial charge in [0.2, 0.25) is 5.91 Å². The van der Waals surface area contributed by atoms with Crippen molar-refractivity contribution < 1.29 is 14.3 Å². The zero-order valence-corrected chi connectivity index (χ0v) is 17.6. The molecular weight excluding hydrogens is 390 g/mol. The van der Waals surface area contributed by atoms with Crippen molar-refractivity contribution in [2.24, 2.45) is 7.05 Å². The highest BCUT2D eigenvalue weighted by molar-refractivity contribution is 8.00. The number of carbonyl (C=O) groups excluding carboxylic acids is 1. The number of rotatable bonds is 8. The third kappa shape index (κ3) is 4.86. The highest BCUT2D eigenvalue weighted by Crippen LogP contribution is 2.28. The fourth-order valence-corrected chi connectivity index (χ4v) is 3.54. The van der Waals surface area contributed by atoms with Crippen LogP contribution >= 0.6 is 11.8 Å². The Kier molecular flexibility index (Phi) is 6.71. The van der Waals surface area contributed by atoms with Crippen LogP contribution in [-0.4, -0.2) is 45.1 Å². The van der Waals surface area contributed by atoms with Crippen LogP contribution in [0.1, 0.15) is 12.5 Å². The van der Waals surface area contributed by atoms with Gasteiger partial charge in [0.05, 0.1) is 19.5 Å². The smallest absolute Gasteiger partial charge is 0.233 e. The normalized spacial score (nSPS) is 11.7. The molecule has 9 heteroatoms. The zero-order valence-electron chi connectivity index (χ0n) is 16.7. The maximum Gasteiger partial charge on any atom is 0.233 e. The molecule has 29 heavy (non-hydrogen) atoms. The average molecular weight is 414 g/mol. The molecule has 0 spiro atoms. The Morgan fingerprint density at radius 1 is 1.14 bits per heavy atom. The molecule has 0 bridgehead atoms. The van der Waals surface area contributed by atoms with Crippen LogP contribution in [0.25, 0.3) is 11.4 Å². The quantitative estimate of drug-likeness (QED) is 0.568. The third-order valence-corrected chi connectivity index (χ3v) is 5.47. The van der Waals surface area contributed by atoms with E-state index < -0.39 is 0 Å². The molecule has 3 rings (SSSR count). The van der Waals surface area contributed by atoms with Crippen molar-refractivity contribution in [3.8, 4) is 22.9 Å². The summed E-state index contributed by atoms with van der Waals surface area (Å²) in [6, 6.07) is 9.30. The van der Waals surface area contributed by atoms with Crippen molar-refractivity contribution in [2.45, 2.75) is 23.9 Å². The van der Waals surface area contributed by atoms with E-state index in [-0.39, 0.29) is 11.2 Å². The summed E-state index contributed by atoms with van der Waals surface area (Å²) < 4.78 is 12.4. The lowest BCUT2D eigenvalue weighted by Crippen LogP contribution is -2.30. The van der Waals surface area contributed by atoms with Crippen LogP contribution in [0.2, 0.25) is 0 Å². The Morgan fingerprint density at radius 3 is 2.55 bits per heavy atom. The number of hydrogen-bond acceptors (Lipinski definition) is 7. The van der Waals surface area contributed by atoms with Crippen molar-refractivity contribution in [2.75, 3.05) is 14.2 Å². The van der Waals surface area contributed by atoms with Gasteiger partial charge in [-0.3, -0.25) is 9.78 Å². The lowest BCUT2D eigenvalue weighted by Gasteiger charge is -2.13. The number of amides is 1. The fourth-order valence-electron chi connectivity index (χ4n) is 2.71. The van der Waals surface area contributed by atoms with Crippen LogP contribution in [-0.2, 0) is 18.4 Å². The second-order valence-corrected chi connectivity index (χ2v) is 7.58. The largest absolute Gasteiger partial charge is 0.493 e. The summed E-state index contributed by atoms with van der Waals surface area (Å²) in [6.45, 7) is 2.24. The first kappa shape index (κ1) is 20.7. The predicted octanol–water partition coefficient (Wildman–Crippen LogP) is 2.69. The summed E-state index contributed by atoms with van der Waals surface area (Å²) in [5.74, 6) is 1.93. The van der Waals surface area contributed by atoms with Gasteiger partial charge in [-0.05, 0) is 36.8 Å². The molecule has 1 atom stereocenters. The van der Waals surface area contributed by atoms with Crippen LogP contribution in [0, 0.1) is 0 Å². The van der Waals surface area contributed by atoms with Gasteiger partial charge in [0.25, 0.3) is 0 Å². The molecule has 0 aliphatic heterocycles. The minimum absolute atomic E-state index is 0.0850. The SMILES string of the molecule is COc1ccc(CNC(=O)[C@@H](C)Sc2nnc(-c3ccncc3)n2C)cc1OC. The van der Waals surface area contributed by atoms with Crippen molar-refractivity contribution >= 4 is 17.7 Å². The summed E-state index contributed by atoms with van der Waals surface area (Å²) >= 11 is 1.36. The summed E-state index contributed by atoms with van der Waals surface area (Å²) in [4.78, 5) is 16.5. The number of pyridine rings is 1. The summed E-state index contributed by atoms with van der Waals surface area (Å²) in [6.07, 6.45) is 3.42. The minimum atomic E-state index is -0.330. The number of ether oxygens (including phenoxy) is 2. The Morgan fingerprint density at radius 2 is 1.86 bits per heavy atom. The first-order valence-electron chi connectivity index (χ1n) is 8.98. The number of aromatic nitrogens is 4. The maximum absolute atomic E-state index is 12.5. The van der Waals surface area contributed by atoms with Gasteiger partial charge in [0.1, 0.15) is 0 Å². The highest BCUT2D eigenvalue weighted by Gasteiger charge is 2.19. The number of thioether (sulfide) groups is 1. The van der Waals surface area contributed by atoms with E-state index in [1.165, 1.54) is 11.8 Å². The number of methoxy groups -OCH3 is 2. The van der Waals surface area contributed by atoms with Crippen LogP contribution < -0.4 is 14.8 Å². The molecule has 2 heterocycles. The number of nitrogens with zero attached hydrogens (tertiary/aromatic N) is 4.